The van der Waals surface area contributed by atoms with Gasteiger partial charge in [-0.1, -0.05) is 44.5 Å². The smallest absolute Gasteiger partial charge is 0.243 e. The highest BCUT2D eigenvalue weighted by atomic mass is 35.5. The number of rotatable bonds is 5. The van der Waals surface area contributed by atoms with E-state index in [2.05, 4.69) is 16.0 Å². The van der Waals surface area contributed by atoms with Gasteiger partial charge in [-0.05, 0) is 42.8 Å². The Labute approximate surface area is 159 Å². The number of hydrogen-bond acceptors (Lipinski definition) is 3. The molecule has 0 saturated heterocycles. The second-order valence-electron chi connectivity index (χ2n) is 7.15. The third kappa shape index (κ3) is 5.77. The minimum Gasteiger partial charge on any atom is -0.376 e. The van der Waals surface area contributed by atoms with E-state index in [1.807, 2.05) is 58.0 Å². The molecule has 3 N–H and O–H groups in total. The molecule has 0 atom stereocenters. The summed E-state index contributed by atoms with van der Waals surface area (Å²) in [7, 11) is 0. The maximum Gasteiger partial charge on any atom is 0.243 e. The van der Waals surface area contributed by atoms with Crippen molar-refractivity contribution >= 4 is 40.5 Å². The predicted molar refractivity (Wildman–Crippen MR) is 108 cm³/mol. The molecule has 5 nitrogen and oxygen atoms in total. The van der Waals surface area contributed by atoms with E-state index in [1.165, 1.54) is 0 Å². The van der Waals surface area contributed by atoms with Crippen LogP contribution in [0.5, 0.6) is 0 Å². The number of carbonyl (C=O) groups is 2. The van der Waals surface area contributed by atoms with Crippen molar-refractivity contribution in [2.45, 2.75) is 27.7 Å². The molecule has 0 spiro atoms. The number of carbonyl (C=O) groups excluding carboxylic acids is 2. The highest BCUT2D eigenvalue weighted by Gasteiger charge is 2.21. The third-order valence-corrected chi connectivity index (χ3v) is 4.12. The standard InChI is InChI=1S/C20H24ClN3O2/c1-13-8-9-16(11-17(13)21)23-18(25)12-22-14-6-5-7-15(10-14)24-19(26)20(2,3)4/h5-11,22H,12H2,1-4H3,(H,23,25)(H,24,26). The van der Waals surface area contributed by atoms with Crippen molar-refractivity contribution in [3.8, 4) is 0 Å². The van der Waals surface area contributed by atoms with Crippen molar-refractivity contribution in [3.05, 3.63) is 53.1 Å². The Hall–Kier alpha value is -2.53. The van der Waals surface area contributed by atoms with Crippen LogP contribution >= 0.6 is 11.6 Å². The van der Waals surface area contributed by atoms with E-state index in [9.17, 15) is 9.59 Å². The summed E-state index contributed by atoms with van der Waals surface area (Å²) in [4.78, 5) is 24.1. The molecule has 26 heavy (non-hydrogen) atoms. The van der Waals surface area contributed by atoms with Crippen LogP contribution in [0.4, 0.5) is 17.1 Å². The number of hydrogen-bond donors (Lipinski definition) is 3. The first-order valence-electron chi connectivity index (χ1n) is 8.36. The summed E-state index contributed by atoms with van der Waals surface area (Å²) in [5.41, 5.74) is 2.56. The van der Waals surface area contributed by atoms with Crippen molar-refractivity contribution in [2.24, 2.45) is 5.41 Å². The van der Waals surface area contributed by atoms with Gasteiger partial charge in [0.05, 0.1) is 6.54 Å². The summed E-state index contributed by atoms with van der Waals surface area (Å²) in [6.45, 7) is 7.56. The lowest BCUT2D eigenvalue weighted by atomic mass is 9.95. The Kier molecular flexibility index (Phi) is 6.27. The zero-order valence-corrected chi connectivity index (χ0v) is 16.2. The first-order valence-corrected chi connectivity index (χ1v) is 8.74. The molecule has 0 aliphatic heterocycles. The molecule has 0 radical (unpaired) electrons. The Bertz CT molecular complexity index is 813. The van der Waals surface area contributed by atoms with E-state index >= 15 is 0 Å². The molecule has 0 bridgehead atoms. The number of benzene rings is 2. The topological polar surface area (TPSA) is 70.2 Å². The van der Waals surface area contributed by atoms with Gasteiger partial charge in [-0.15, -0.1) is 0 Å². The zero-order valence-electron chi connectivity index (χ0n) is 15.4. The van der Waals surface area contributed by atoms with Crippen LogP contribution in [0.15, 0.2) is 42.5 Å². The average Bonchev–Trinajstić information content (AvgIpc) is 2.56. The van der Waals surface area contributed by atoms with E-state index < -0.39 is 5.41 Å². The zero-order chi connectivity index (χ0) is 19.3. The molecule has 2 amide bonds. The number of anilines is 3. The summed E-state index contributed by atoms with van der Waals surface area (Å²) < 4.78 is 0. The van der Waals surface area contributed by atoms with E-state index in [0.29, 0.717) is 16.4 Å². The number of nitrogens with one attached hydrogen (secondary N) is 3. The lowest BCUT2D eigenvalue weighted by Gasteiger charge is -2.18. The molecule has 0 saturated carbocycles. The van der Waals surface area contributed by atoms with Gasteiger partial charge < -0.3 is 16.0 Å². The molecule has 0 aliphatic carbocycles. The maximum atomic E-state index is 12.1. The Morgan fingerprint density at radius 1 is 0.962 bits per heavy atom. The minimum atomic E-state index is -0.474. The molecule has 0 fully saturated rings. The van der Waals surface area contributed by atoms with E-state index in [0.717, 1.165) is 11.3 Å². The third-order valence-electron chi connectivity index (χ3n) is 3.71. The molecule has 0 unspecified atom stereocenters. The van der Waals surface area contributed by atoms with Crippen molar-refractivity contribution in [2.75, 3.05) is 22.5 Å². The van der Waals surface area contributed by atoms with Crippen LogP contribution in [0.25, 0.3) is 0 Å². The SMILES string of the molecule is Cc1ccc(NC(=O)CNc2cccc(NC(=O)C(C)(C)C)c2)cc1Cl. The van der Waals surface area contributed by atoms with Crippen molar-refractivity contribution in [1.82, 2.24) is 0 Å². The van der Waals surface area contributed by atoms with Crippen LogP contribution in [0.2, 0.25) is 5.02 Å². The number of aryl methyl sites for hydroxylation is 1. The maximum absolute atomic E-state index is 12.1. The van der Waals surface area contributed by atoms with Crippen LogP contribution in [0.3, 0.4) is 0 Å². The lowest BCUT2D eigenvalue weighted by molar-refractivity contribution is -0.123. The van der Waals surface area contributed by atoms with Crippen molar-refractivity contribution in [3.63, 3.8) is 0 Å². The van der Waals surface area contributed by atoms with Gasteiger partial charge in [0.15, 0.2) is 0 Å². The van der Waals surface area contributed by atoms with Gasteiger partial charge in [-0.3, -0.25) is 9.59 Å². The highest BCUT2D eigenvalue weighted by Crippen LogP contribution is 2.21. The molecule has 2 rings (SSSR count). The summed E-state index contributed by atoms with van der Waals surface area (Å²) in [6, 6.07) is 12.6. The Morgan fingerprint density at radius 3 is 2.27 bits per heavy atom. The summed E-state index contributed by atoms with van der Waals surface area (Å²) in [6.07, 6.45) is 0. The molecule has 0 aromatic heterocycles. The van der Waals surface area contributed by atoms with Gasteiger partial charge in [-0.2, -0.15) is 0 Å². The second kappa shape index (κ2) is 8.23. The molecular weight excluding hydrogens is 350 g/mol. The Balaban J connectivity index is 1.92. The molecule has 2 aromatic carbocycles. The molecule has 0 heterocycles. The van der Waals surface area contributed by atoms with Gasteiger partial charge in [0.25, 0.3) is 0 Å². The summed E-state index contributed by atoms with van der Waals surface area (Å²) >= 11 is 6.06. The van der Waals surface area contributed by atoms with E-state index in [1.54, 1.807) is 12.1 Å². The summed E-state index contributed by atoms with van der Waals surface area (Å²) in [5, 5.41) is 9.31. The molecule has 2 aromatic rings. The Morgan fingerprint density at radius 2 is 1.62 bits per heavy atom. The van der Waals surface area contributed by atoms with E-state index in [-0.39, 0.29) is 18.4 Å². The first kappa shape index (κ1) is 19.8. The van der Waals surface area contributed by atoms with Gasteiger partial charge in [0, 0.05) is 27.5 Å². The lowest BCUT2D eigenvalue weighted by Crippen LogP contribution is -2.27. The van der Waals surface area contributed by atoms with Gasteiger partial charge >= 0.3 is 0 Å². The van der Waals surface area contributed by atoms with Crippen LogP contribution in [0.1, 0.15) is 26.3 Å². The number of halogens is 1. The second-order valence-corrected chi connectivity index (χ2v) is 7.56. The van der Waals surface area contributed by atoms with Crippen molar-refractivity contribution < 1.29 is 9.59 Å². The molecule has 0 aliphatic rings. The highest BCUT2D eigenvalue weighted by molar-refractivity contribution is 6.31. The largest absolute Gasteiger partial charge is 0.376 e. The summed E-state index contributed by atoms with van der Waals surface area (Å²) in [5.74, 6) is -0.252. The van der Waals surface area contributed by atoms with Gasteiger partial charge in [0.2, 0.25) is 11.8 Å². The fourth-order valence-corrected chi connectivity index (χ4v) is 2.26. The normalized spacial score (nSPS) is 11.0. The minimum absolute atomic E-state index is 0.0661. The average molecular weight is 374 g/mol. The van der Waals surface area contributed by atoms with Crippen LogP contribution in [0, 0.1) is 12.3 Å². The predicted octanol–water partition coefficient (Wildman–Crippen LogP) is 4.68. The fourth-order valence-electron chi connectivity index (χ4n) is 2.08. The molecule has 6 heteroatoms. The van der Waals surface area contributed by atoms with Crippen LogP contribution in [-0.4, -0.2) is 18.4 Å². The van der Waals surface area contributed by atoms with Crippen molar-refractivity contribution in [1.29, 1.82) is 0 Å². The van der Waals surface area contributed by atoms with Gasteiger partial charge in [0.1, 0.15) is 0 Å². The molecular formula is C20H24ClN3O2. The fraction of sp³-hybridized carbons (Fsp3) is 0.300. The number of amides is 2. The first-order chi connectivity index (χ1) is 12.1. The van der Waals surface area contributed by atoms with Crippen LogP contribution < -0.4 is 16.0 Å². The van der Waals surface area contributed by atoms with E-state index in [4.69, 9.17) is 11.6 Å². The van der Waals surface area contributed by atoms with Gasteiger partial charge in [-0.25, -0.2) is 0 Å². The monoisotopic (exact) mass is 373 g/mol. The van der Waals surface area contributed by atoms with Crippen LogP contribution in [-0.2, 0) is 9.59 Å². The molecule has 138 valence electrons. The quantitative estimate of drug-likeness (QED) is 0.712.